The maximum Gasteiger partial charge on any atom is 0.668 e. The lowest BCUT2D eigenvalue weighted by Crippen LogP contribution is -2.52. The molecule has 0 spiro atoms. The van der Waals surface area contributed by atoms with Crippen LogP contribution < -0.4 is 0 Å². The fourth-order valence-corrected chi connectivity index (χ4v) is 6.35. The van der Waals surface area contributed by atoms with Crippen LogP contribution in [-0.4, -0.2) is 37.9 Å². The van der Waals surface area contributed by atoms with Gasteiger partial charge in [-0.3, -0.25) is 0 Å². The van der Waals surface area contributed by atoms with Gasteiger partial charge < -0.3 is 17.4 Å². The third-order valence-electron chi connectivity index (χ3n) is 3.01. The van der Waals surface area contributed by atoms with Crippen LogP contribution in [0.4, 0.5) is 0 Å². The summed E-state index contributed by atoms with van der Waals surface area (Å²) >= 11 is 0. The van der Waals surface area contributed by atoms with Gasteiger partial charge in [-0.25, -0.2) is 0 Å². The van der Waals surface area contributed by atoms with E-state index >= 15 is 0 Å². The Kier molecular flexibility index (Phi) is 14.6. The van der Waals surface area contributed by atoms with Crippen molar-refractivity contribution in [2.24, 2.45) is 0 Å². The topological polar surface area (TPSA) is 36.9 Å². The second-order valence-electron chi connectivity index (χ2n) is 5.70. The van der Waals surface area contributed by atoms with Crippen molar-refractivity contribution in [1.29, 1.82) is 0 Å². The van der Waals surface area contributed by atoms with Crippen LogP contribution in [0.15, 0.2) is 12.7 Å². The third-order valence-corrected chi connectivity index (χ3v) is 7.73. The lowest BCUT2D eigenvalue weighted by Gasteiger charge is -2.30. The second kappa shape index (κ2) is 14.6. The quantitative estimate of drug-likeness (QED) is 0.235. The molecule has 4 nitrogen and oxygen atoms in total. The summed E-state index contributed by atoms with van der Waals surface area (Å²) in [4.78, 5) is 0. The SMILES string of the molecule is C=CCCCCO[Si](OCCCC)(OCCCC)O[SiH](C)C. The molecule has 0 rings (SSSR count). The molecule has 0 saturated heterocycles. The van der Waals surface area contributed by atoms with Crippen LogP contribution in [0.5, 0.6) is 0 Å². The number of unbranched alkanes of at least 4 members (excludes halogenated alkanes) is 4. The first kappa shape index (κ1) is 22.0. The predicted octanol–water partition coefficient (Wildman–Crippen LogP) is 4.43. The summed E-state index contributed by atoms with van der Waals surface area (Å²) in [6, 6.07) is 0. The zero-order chi connectivity index (χ0) is 16.7. The van der Waals surface area contributed by atoms with Crippen LogP contribution in [0.2, 0.25) is 13.1 Å². The molecular weight excluding hydrogens is 312 g/mol. The van der Waals surface area contributed by atoms with Crippen molar-refractivity contribution >= 4 is 18.1 Å². The first-order valence-electron chi connectivity index (χ1n) is 8.80. The van der Waals surface area contributed by atoms with Crippen molar-refractivity contribution in [3.63, 3.8) is 0 Å². The largest absolute Gasteiger partial charge is 0.668 e. The Labute approximate surface area is 140 Å². The van der Waals surface area contributed by atoms with E-state index in [0.717, 1.165) is 44.9 Å². The van der Waals surface area contributed by atoms with Gasteiger partial charge in [-0.05, 0) is 45.2 Å². The zero-order valence-electron chi connectivity index (χ0n) is 15.1. The highest BCUT2D eigenvalue weighted by Crippen LogP contribution is 2.16. The van der Waals surface area contributed by atoms with Gasteiger partial charge in [0, 0.05) is 19.8 Å². The Morgan fingerprint density at radius 1 is 0.864 bits per heavy atom. The highest BCUT2D eigenvalue weighted by molar-refractivity contribution is 6.66. The van der Waals surface area contributed by atoms with E-state index in [1.54, 1.807) is 0 Å². The lowest BCUT2D eigenvalue weighted by atomic mass is 10.2. The molecule has 6 heteroatoms. The molecule has 0 atom stereocenters. The third kappa shape index (κ3) is 11.6. The van der Waals surface area contributed by atoms with E-state index in [0.29, 0.717) is 19.8 Å². The fraction of sp³-hybridized carbons (Fsp3) is 0.875. The summed E-state index contributed by atoms with van der Waals surface area (Å²) in [6.45, 7) is 14.3. The Morgan fingerprint density at radius 3 is 1.77 bits per heavy atom. The van der Waals surface area contributed by atoms with E-state index in [1.165, 1.54) is 0 Å². The Morgan fingerprint density at radius 2 is 1.36 bits per heavy atom. The summed E-state index contributed by atoms with van der Waals surface area (Å²) in [5.41, 5.74) is 0. The minimum absolute atomic E-state index is 0.638. The maximum absolute atomic E-state index is 6.13. The van der Waals surface area contributed by atoms with Gasteiger partial charge in [-0.2, -0.15) is 0 Å². The van der Waals surface area contributed by atoms with Crippen LogP contribution in [0, 0.1) is 0 Å². The number of rotatable bonds is 16. The molecule has 0 aromatic heterocycles. The summed E-state index contributed by atoms with van der Waals surface area (Å²) in [5, 5.41) is 0. The van der Waals surface area contributed by atoms with Gasteiger partial charge in [0.15, 0.2) is 9.04 Å². The second-order valence-corrected chi connectivity index (χ2v) is 10.6. The molecule has 0 aliphatic heterocycles. The molecule has 0 aliphatic carbocycles. The Balaban J connectivity index is 4.55. The van der Waals surface area contributed by atoms with Crippen molar-refractivity contribution in [2.75, 3.05) is 19.8 Å². The maximum atomic E-state index is 6.13. The summed E-state index contributed by atoms with van der Waals surface area (Å²) in [6.07, 6.45) is 9.23. The average molecular weight is 349 g/mol. The smallest absolute Gasteiger partial charge is 0.397 e. The molecule has 0 aromatic carbocycles. The highest BCUT2D eigenvalue weighted by Gasteiger charge is 2.45. The minimum Gasteiger partial charge on any atom is -0.397 e. The molecule has 0 radical (unpaired) electrons. The summed E-state index contributed by atoms with van der Waals surface area (Å²) in [5.74, 6) is 0. The molecule has 0 amide bonds. The van der Waals surface area contributed by atoms with Crippen LogP contribution in [0.3, 0.4) is 0 Å². The normalized spacial score (nSPS) is 12.0. The Hall–Kier alpha value is 0.0138. The molecule has 0 fully saturated rings. The van der Waals surface area contributed by atoms with E-state index < -0.39 is 18.1 Å². The number of hydrogen-bond acceptors (Lipinski definition) is 4. The highest BCUT2D eigenvalue weighted by atomic mass is 28.4. The molecule has 132 valence electrons. The molecular formula is C16H36O4Si2. The van der Waals surface area contributed by atoms with Gasteiger partial charge in [-0.1, -0.05) is 32.8 Å². The van der Waals surface area contributed by atoms with Gasteiger partial charge in [0.2, 0.25) is 0 Å². The van der Waals surface area contributed by atoms with Crippen molar-refractivity contribution < 1.29 is 17.4 Å². The van der Waals surface area contributed by atoms with E-state index in [9.17, 15) is 0 Å². The Bertz CT molecular complexity index is 253. The molecule has 0 unspecified atom stereocenters. The molecule has 0 N–H and O–H groups in total. The standard InChI is InChI=1S/C16H36O4Si2/c1-6-9-12-13-16-19-22(20-21(4)5,17-14-10-7-2)18-15-11-8-3/h6,21H,1,7-16H2,2-5H3. The fourth-order valence-electron chi connectivity index (χ4n) is 1.79. The van der Waals surface area contributed by atoms with Gasteiger partial charge in [0.1, 0.15) is 0 Å². The van der Waals surface area contributed by atoms with E-state index in [4.69, 9.17) is 17.4 Å². The number of hydrogen-bond donors (Lipinski definition) is 0. The van der Waals surface area contributed by atoms with Crippen LogP contribution in [0.25, 0.3) is 0 Å². The minimum atomic E-state index is -2.96. The van der Waals surface area contributed by atoms with Crippen molar-refractivity contribution in [3.05, 3.63) is 12.7 Å². The van der Waals surface area contributed by atoms with Crippen molar-refractivity contribution in [3.8, 4) is 0 Å². The van der Waals surface area contributed by atoms with Gasteiger partial charge in [-0.15, -0.1) is 6.58 Å². The van der Waals surface area contributed by atoms with Crippen LogP contribution in [-0.2, 0) is 17.4 Å². The average Bonchev–Trinajstić information content (AvgIpc) is 2.47. The lowest BCUT2D eigenvalue weighted by molar-refractivity contribution is -0.00227. The van der Waals surface area contributed by atoms with Crippen molar-refractivity contribution in [2.45, 2.75) is 71.9 Å². The van der Waals surface area contributed by atoms with Crippen LogP contribution >= 0.6 is 0 Å². The number of allylic oxidation sites excluding steroid dienone is 1. The summed E-state index contributed by atoms with van der Waals surface area (Å²) in [7, 11) is -4.25. The summed E-state index contributed by atoms with van der Waals surface area (Å²) < 4.78 is 24.2. The first-order valence-corrected chi connectivity index (χ1v) is 13.2. The van der Waals surface area contributed by atoms with Crippen molar-refractivity contribution in [1.82, 2.24) is 0 Å². The van der Waals surface area contributed by atoms with Crippen LogP contribution in [0.1, 0.15) is 58.8 Å². The van der Waals surface area contributed by atoms with E-state index in [-0.39, 0.29) is 0 Å². The van der Waals surface area contributed by atoms with Gasteiger partial charge in [0.25, 0.3) is 0 Å². The van der Waals surface area contributed by atoms with E-state index in [1.807, 2.05) is 6.08 Å². The first-order chi connectivity index (χ1) is 10.6. The monoisotopic (exact) mass is 348 g/mol. The molecule has 0 bridgehead atoms. The predicted molar refractivity (Wildman–Crippen MR) is 97.4 cm³/mol. The molecule has 22 heavy (non-hydrogen) atoms. The van der Waals surface area contributed by atoms with Gasteiger partial charge in [0.05, 0.1) is 0 Å². The van der Waals surface area contributed by atoms with Gasteiger partial charge >= 0.3 is 9.05 Å². The molecule has 0 aromatic rings. The van der Waals surface area contributed by atoms with E-state index in [2.05, 4.69) is 33.5 Å². The zero-order valence-corrected chi connectivity index (χ0v) is 17.2. The molecule has 0 heterocycles. The molecule has 0 saturated carbocycles. The molecule has 0 aliphatic rings.